The molecule has 0 unspecified atom stereocenters. The molecule has 17 heavy (non-hydrogen) atoms. The monoisotopic (exact) mass is 242 g/mol. The molecular weight excluding hydrogens is 216 g/mol. The predicted molar refractivity (Wildman–Crippen MR) is 68.9 cm³/mol. The quantitative estimate of drug-likeness (QED) is 0.691. The van der Waals surface area contributed by atoms with Gasteiger partial charge in [-0.15, -0.1) is 0 Å². The van der Waals surface area contributed by atoms with E-state index in [9.17, 15) is 4.79 Å². The summed E-state index contributed by atoms with van der Waals surface area (Å²) in [4.78, 5) is 11.7. The predicted octanol–water partition coefficient (Wildman–Crippen LogP) is 2.03. The minimum absolute atomic E-state index is 0.0430. The molecule has 1 aliphatic carbocycles. The van der Waals surface area contributed by atoms with Crippen LogP contribution < -0.4 is 10.6 Å². The van der Waals surface area contributed by atoms with Crippen LogP contribution in [-0.2, 0) is 0 Å². The minimum atomic E-state index is -0.0667. The van der Waals surface area contributed by atoms with Crippen LogP contribution in [0.25, 0.3) is 0 Å². The Labute approximate surface area is 104 Å². The van der Waals surface area contributed by atoms with Gasteiger partial charge in [0, 0.05) is 19.2 Å². The van der Waals surface area contributed by atoms with Crippen molar-refractivity contribution >= 4 is 6.03 Å². The van der Waals surface area contributed by atoms with Crippen LogP contribution >= 0.6 is 0 Å². The van der Waals surface area contributed by atoms with Gasteiger partial charge in [-0.25, -0.2) is 4.79 Å². The zero-order chi connectivity index (χ0) is 12.7. The molecule has 0 atom stereocenters. The zero-order valence-electron chi connectivity index (χ0n) is 11.1. The highest BCUT2D eigenvalue weighted by atomic mass is 16.3. The van der Waals surface area contributed by atoms with Crippen molar-refractivity contribution in [3.8, 4) is 0 Å². The van der Waals surface area contributed by atoms with E-state index in [-0.39, 0.29) is 18.1 Å². The Balaban J connectivity index is 2.20. The molecule has 2 amide bonds. The molecule has 0 aliphatic heterocycles. The van der Waals surface area contributed by atoms with Gasteiger partial charge in [-0.05, 0) is 24.7 Å². The van der Waals surface area contributed by atoms with Crippen molar-refractivity contribution in [2.24, 2.45) is 5.41 Å². The molecule has 0 aromatic heterocycles. The van der Waals surface area contributed by atoms with Gasteiger partial charge in [0.05, 0.1) is 0 Å². The number of hydrogen-bond donors (Lipinski definition) is 3. The Hall–Kier alpha value is -0.770. The van der Waals surface area contributed by atoms with E-state index in [4.69, 9.17) is 5.11 Å². The van der Waals surface area contributed by atoms with Crippen LogP contribution in [0, 0.1) is 5.41 Å². The molecule has 0 saturated heterocycles. The lowest BCUT2D eigenvalue weighted by Gasteiger charge is -2.26. The summed E-state index contributed by atoms with van der Waals surface area (Å²) in [7, 11) is 0. The standard InChI is InChI=1S/C13H26N2O2/c1-13(2,8-9-16)10-14-12(17)15-11-6-4-3-5-7-11/h11,16H,3-10H2,1-2H3,(H2,14,15,17). The molecular formula is C13H26N2O2. The average Bonchev–Trinajstić information content (AvgIpc) is 2.28. The van der Waals surface area contributed by atoms with Crippen molar-refractivity contribution in [2.45, 2.75) is 58.4 Å². The van der Waals surface area contributed by atoms with E-state index in [0.29, 0.717) is 19.0 Å². The van der Waals surface area contributed by atoms with Crippen LogP contribution in [-0.4, -0.2) is 30.3 Å². The summed E-state index contributed by atoms with van der Waals surface area (Å²) in [5.41, 5.74) is -0.0430. The Bertz CT molecular complexity index is 236. The molecule has 4 nitrogen and oxygen atoms in total. The van der Waals surface area contributed by atoms with Crippen LogP contribution in [0.2, 0.25) is 0 Å². The smallest absolute Gasteiger partial charge is 0.315 e. The van der Waals surface area contributed by atoms with Crippen molar-refractivity contribution in [3.05, 3.63) is 0 Å². The van der Waals surface area contributed by atoms with E-state index in [1.54, 1.807) is 0 Å². The first-order chi connectivity index (χ1) is 8.03. The first kappa shape index (κ1) is 14.3. The van der Waals surface area contributed by atoms with E-state index in [1.165, 1.54) is 19.3 Å². The van der Waals surface area contributed by atoms with Crippen molar-refractivity contribution in [1.29, 1.82) is 0 Å². The average molecular weight is 242 g/mol. The number of aliphatic hydroxyl groups is 1. The molecule has 1 rings (SSSR count). The van der Waals surface area contributed by atoms with Gasteiger partial charge in [0.1, 0.15) is 0 Å². The van der Waals surface area contributed by atoms with Gasteiger partial charge in [-0.2, -0.15) is 0 Å². The zero-order valence-corrected chi connectivity index (χ0v) is 11.1. The summed E-state index contributed by atoms with van der Waals surface area (Å²) in [5.74, 6) is 0. The number of carbonyl (C=O) groups excluding carboxylic acids is 1. The molecule has 1 aliphatic rings. The summed E-state index contributed by atoms with van der Waals surface area (Å²) in [6, 6.07) is 0.285. The highest BCUT2D eigenvalue weighted by Crippen LogP contribution is 2.19. The fraction of sp³-hybridized carbons (Fsp3) is 0.923. The van der Waals surface area contributed by atoms with Crippen LogP contribution in [0.3, 0.4) is 0 Å². The normalized spacial score (nSPS) is 17.8. The van der Waals surface area contributed by atoms with Crippen molar-refractivity contribution in [1.82, 2.24) is 10.6 Å². The third-order valence-corrected chi connectivity index (χ3v) is 3.46. The SMILES string of the molecule is CC(C)(CCO)CNC(=O)NC1CCCCC1. The molecule has 0 aromatic carbocycles. The van der Waals surface area contributed by atoms with Gasteiger partial charge in [0.25, 0.3) is 0 Å². The molecule has 0 radical (unpaired) electrons. The summed E-state index contributed by atoms with van der Waals surface area (Å²) < 4.78 is 0. The molecule has 0 bridgehead atoms. The van der Waals surface area contributed by atoms with E-state index < -0.39 is 0 Å². The lowest BCUT2D eigenvalue weighted by Crippen LogP contribution is -2.45. The van der Waals surface area contributed by atoms with E-state index in [2.05, 4.69) is 10.6 Å². The van der Waals surface area contributed by atoms with Crippen LogP contribution in [0.15, 0.2) is 0 Å². The summed E-state index contributed by atoms with van der Waals surface area (Å²) in [6.45, 7) is 4.86. The topological polar surface area (TPSA) is 61.4 Å². The van der Waals surface area contributed by atoms with Crippen LogP contribution in [0.1, 0.15) is 52.4 Å². The Kier molecular flexibility index (Phi) is 5.75. The number of nitrogens with one attached hydrogen (secondary N) is 2. The van der Waals surface area contributed by atoms with E-state index >= 15 is 0 Å². The highest BCUT2D eigenvalue weighted by Gasteiger charge is 2.20. The number of amides is 2. The second-order valence-corrected chi connectivity index (χ2v) is 5.80. The molecule has 100 valence electrons. The van der Waals surface area contributed by atoms with Crippen LogP contribution in [0.4, 0.5) is 4.79 Å². The number of rotatable bonds is 5. The second-order valence-electron chi connectivity index (χ2n) is 5.80. The highest BCUT2D eigenvalue weighted by molar-refractivity contribution is 5.74. The third kappa shape index (κ3) is 5.91. The molecule has 0 aromatic rings. The molecule has 4 heteroatoms. The van der Waals surface area contributed by atoms with Crippen molar-refractivity contribution in [2.75, 3.05) is 13.2 Å². The van der Waals surface area contributed by atoms with Gasteiger partial charge >= 0.3 is 6.03 Å². The van der Waals surface area contributed by atoms with E-state index in [0.717, 1.165) is 12.8 Å². The Morgan fingerprint density at radius 3 is 2.53 bits per heavy atom. The summed E-state index contributed by atoms with van der Waals surface area (Å²) >= 11 is 0. The lowest BCUT2D eigenvalue weighted by atomic mass is 9.90. The van der Waals surface area contributed by atoms with E-state index in [1.807, 2.05) is 13.8 Å². The maximum Gasteiger partial charge on any atom is 0.315 e. The van der Waals surface area contributed by atoms with Gasteiger partial charge in [-0.3, -0.25) is 0 Å². The number of hydrogen-bond acceptors (Lipinski definition) is 2. The molecule has 1 saturated carbocycles. The molecule has 1 fully saturated rings. The third-order valence-electron chi connectivity index (χ3n) is 3.46. The van der Waals surface area contributed by atoms with Crippen molar-refractivity contribution in [3.63, 3.8) is 0 Å². The first-order valence-corrected chi connectivity index (χ1v) is 6.69. The Morgan fingerprint density at radius 1 is 1.29 bits per heavy atom. The fourth-order valence-electron chi connectivity index (χ4n) is 2.19. The largest absolute Gasteiger partial charge is 0.396 e. The van der Waals surface area contributed by atoms with Gasteiger partial charge in [0.15, 0.2) is 0 Å². The van der Waals surface area contributed by atoms with Crippen LogP contribution in [0.5, 0.6) is 0 Å². The number of carbonyl (C=O) groups is 1. The first-order valence-electron chi connectivity index (χ1n) is 6.69. The molecule has 0 spiro atoms. The van der Waals surface area contributed by atoms with Gasteiger partial charge < -0.3 is 15.7 Å². The maximum atomic E-state index is 11.7. The maximum absolute atomic E-state index is 11.7. The Morgan fingerprint density at radius 2 is 1.94 bits per heavy atom. The minimum Gasteiger partial charge on any atom is -0.396 e. The van der Waals surface area contributed by atoms with Gasteiger partial charge in [-0.1, -0.05) is 33.1 Å². The molecule has 3 N–H and O–H groups in total. The fourth-order valence-corrected chi connectivity index (χ4v) is 2.19. The number of aliphatic hydroxyl groups excluding tert-OH is 1. The number of urea groups is 1. The summed E-state index contributed by atoms with van der Waals surface area (Å²) in [5, 5.41) is 14.8. The summed E-state index contributed by atoms with van der Waals surface area (Å²) in [6.07, 6.45) is 6.66. The second kappa shape index (κ2) is 6.84. The molecule has 0 heterocycles. The van der Waals surface area contributed by atoms with Gasteiger partial charge in [0.2, 0.25) is 0 Å². The lowest BCUT2D eigenvalue weighted by molar-refractivity contribution is 0.199. The van der Waals surface area contributed by atoms with Crippen molar-refractivity contribution < 1.29 is 9.90 Å².